The zero-order valence-electron chi connectivity index (χ0n) is 12.6. The standard InChI is InChI=1S/C16H18O6/c1-8(2)16(21)22-10(4)9(3)11-6-5-7-12(14(17)18)13(11)15(19)20/h5-7,9-10H,1H2,2-4H3,(H,17,18)(H,19,20). The second-order valence-corrected chi connectivity index (χ2v) is 5.06. The highest BCUT2D eigenvalue weighted by molar-refractivity contribution is 6.02. The van der Waals surface area contributed by atoms with Crippen molar-refractivity contribution in [1.82, 2.24) is 0 Å². The molecule has 1 aromatic rings. The van der Waals surface area contributed by atoms with E-state index in [1.54, 1.807) is 13.8 Å². The van der Waals surface area contributed by atoms with E-state index in [2.05, 4.69) is 6.58 Å². The van der Waals surface area contributed by atoms with Crippen LogP contribution in [0.1, 0.15) is 53.0 Å². The molecule has 2 N–H and O–H groups in total. The van der Waals surface area contributed by atoms with Gasteiger partial charge >= 0.3 is 17.9 Å². The van der Waals surface area contributed by atoms with Gasteiger partial charge in [0, 0.05) is 11.5 Å². The summed E-state index contributed by atoms with van der Waals surface area (Å²) in [5, 5.41) is 18.4. The lowest BCUT2D eigenvalue weighted by Crippen LogP contribution is -2.23. The van der Waals surface area contributed by atoms with E-state index in [0.717, 1.165) is 0 Å². The maximum atomic E-state index is 11.6. The van der Waals surface area contributed by atoms with Gasteiger partial charge in [0.2, 0.25) is 0 Å². The Hall–Kier alpha value is -2.63. The van der Waals surface area contributed by atoms with E-state index in [1.807, 2.05) is 0 Å². The predicted molar refractivity (Wildman–Crippen MR) is 79.1 cm³/mol. The van der Waals surface area contributed by atoms with Crippen LogP contribution in [0.4, 0.5) is 0 Å². The van der Waals surface area contributed by atoms with Gasteiger partial charge in [-0.15, -0.1) is 0 Å². The van der Waals surface area contributed by atoms with Crippen molar-refractivity contribution in [3.05, 3.63) is 47.0 Å². The van der Waals surface area contributed by atoms with Gasteiger partial charge in [-0.05, 0) is 25.5 Å². The van der Waals surface area contributed by atoms with Crippen molar-refractivity contribution in [3.8, 4) is 0 Å². The zero-order chi connectivity index (χ0) is 17.0. The van der Waals surface area contributed by atoms with Gasteiger partial charge in [0.1, 0.15) is 6.10 Å². The van der Waals surface area contributed by atoms with Crippen molar-refractivity contribution in [1.29, 1.82) is 0 Å². The molecule has 0 aromatic heterocycles. The molecule has 0 spiro atoms. The molecule has 6 heteroatoms. The average molecular weight is 306 g/mol. The number of hydrogen-bond donors (Lipinski definition) is 2. The molecule has 0 saturated carbocycles. The van der Waals surface area contributed by atoms with Crippen molar-refractivity contribution in [2.45, 2.75) is 32.8 Å². The van der Waals surface area contributed by atoms with Gasteiger partial charge in [-0.25, -0.2) is 14.4 Å². The molecule has 1 aromatic carbocycles. The molecule has 0 radical (unpaired) electrons. The van der Waals surface area contributed by atoms with Crippen molar-refractivity contribution in [2.75, 3.05) is 0 Å². The van der Waals surface area contributed by atoms with Crippen molar-refractivity contribution in [2.24, 2.45) is 0 Å². The Labute approximate surface area is 128 Å². The Kier molecular flexibility index (Phi) is 5.45. The molecule has 1 rings (SSSR count). The first-order valence-electron chi connectivity index (χ1n) is 6.62. The fourth-order valence-electron chi connectivity index (χ4n) is 1.99. The molecule has 6 nitrogen and oxygen atoms in total. The Bertz CT molecular complexity index is 632. The van der Waals surface area contributed by atoms with Crippen LogP contribution in [0.3, 0.4) is 0 Å². The largest absolute Gasteiger partial charge is 0.478 e. The molecule has 0 heterocycles. The lowest BCUT2D eigenvalue weighted by Gasteiger charge is -2.22. The molecule has 0 bridgehead atoms. The first kappa shape index (κ1) is 17.4. The summed E-state index contributed by atoms with van der Waals surface area (Å²) in [7, 11) is 0. The molecular weight excluding hydrogens is 288 g/mol. The summed E-state index contributed by atoms with van der Waals surface area (Å²) < 4.78 is 5.18. The minimum Gasteiger partial charge on any atom is -0.478 e. The first-order chi connectivity index (χ1) is 10.2. The van der Waals surface area contributed by atoms with Gasteiger partial charge in [-0.2, -0.15) is 0 Å². The molecule has 0 saturated heterocycles. The zero-order valence-corrected chi connectivity index (χ0v) is 12.6. The smallest absolute Gasteiger partial charge is 0.336 e. The number of aromatic carboxylic acids is 2. The minimum atomic E-state index is -1.33. The van der Waals surface area contributed by atoms with E-state index >= 15 is 0 Å². The summed E-state index contributed by atoms with van der Waals surface area (Å²) in [4.78, 5) is 34.1. The van der Waals surface area contributed by atoms with Gasteiger partial charge < -0.3 is 14.9 Å². The highest BCUT2D eigenvalue weighted by Gasteiger charge is 2.27. The monoisotopic (exact) mass is 306 g/mol. The Morgan fingerprint density at radius 1 is 1.14 bits per heavy atom. The topological polar surface area (TPSA) is 101 Å². The number of carbonyl (C=O) groups is 3. The number of carbonyl (C=O) groups excluding carboxylic acids is 1. The normalized spacial score (nSPS) is 13.0. The predicted octanol–water partition coefficient (Wildman–Crippen LogP) is 2.69. The molecule has 2 atom stereocenters. The van der Waals surface area contributed by atoms with E-state index in [1.165, 1.54) is 25.1 Å². The number of hydrogen-bond acceptors (Lipinski definition) is 4. The second kappa shape index (κ2) is 6.89. The third-order valence-corrected chi connectivity index (χ3v) is 3.38. The van der Waals surface area contributed by atoms with Crippen LogP contribution in [0.2, 0.25) is 0 Å². The molecule has 118 valence electrons. The lowest BCUT2D eigenvalue weighted by atomic mass is 9.89. The molecule has 0 fully saturated rings. The molecule has 2 unspecified atom stereocenters. The van der Waals surface area contributed by atoms with Gasteiger partial charge in [0.05, 0.1) is 11.1 Å². The molecule has 0 aliphatic rings. The second-order valence-electron chi connectivity index (χ2n) is 5.06. The third-order valence-electron chi connectivity index (χ3n) is 3.38. The van der Waals surface area contributed by atoms with Crippen molar-refractivity contribution in [3.63, 3.8) is 0 Å². The first-order valence-corrected chi connectivity index (χ1v) is 6.62. The number of esters is 1. The van der Waals surface area contributed by atoms with Crippen LogP contribution in [0.15, 0.2) is 30.4 Å². The summed E-state index contributed by atoms with van der Waals surface area (Å²) in [5.41, 5.74) is -0.0535. The van der Waals surface area contributed by atoms with Gasteiger partial charge in [0.15, 0.2) is 0 Å². The molecular formula is C16H18O6. The van der Waals surface area contributed by atoms with E-state index in [4.69, 9.17) is 9.84 Å². The number of ether oxygens (including phenoxy) is 1. The van der Waals surface area contributed by atoms with Crippen LogP contribution in [0, 0.1) is 0 Å². The van der Waals surface area contributed by atoms with Gasteiger partial charge in [-0.1, -0.05) is 25.6 Å². The van der Waals surface area contributed by atoms with E-state index < -0.39 is 29.9 Å². The summed E-state index contributed by atoms with van der Waals surface area (Å²) in [6, 6.07) is 4.22. The quantitative estimate of drug-likeness (QED) is 0.619. The van der Waals surface area contributed by atoms with Crippen LogP contribution in [-0.2, 0) is 9.53 Å². The fourth-order valence-corrected chi connectivity index (χ4v) is 1.99. The number of carboxylic acids is 2. The lowest BCUT2D eigenvalue weighted by molar-refractivity contribution is -0.144. The van der Waals surface area contributed by atoms with Crippen LogP contribution in [0.5, 0.6) is 0 Å². The van der Waals surface area contributed by atoms with Crippen molar-refractivity contribution >= 4 is 17.9 Å². The number of benzene rings is 1. The van der Waals surface area contributed by atoms with Crippen LogP contribution in [0.25, 0.3) is 0 Å². The SMILES string of the molecule is C=C(C)C(=O)OC(C)C(C)c1cccc(C(=O)O)c1C(=O)O. The highest BCUT2D eigenvalue weighted by Crippen LogP contribution is 2.27. The van der Waals surface area contributed by atoms with Gasteiger partial charge in [0.25, 0.3) is 0 Å². The number of rotatable bonds is 6. The third kappa shape index (κ3) is 3.72. The van der Waals surface area contributed by atoms with Gasteiger partial charge in [-0.3, -0.25) is 0 Å². The van der Waals surface area contributed by atoms with E-state index in [-0.39, 0.29) is 16.7 Å². The van der Waals surface area contributed by atoms with Crippen LogP contribution >= 0.6 is 0 Å². The molecule has 0 aliphatic carbocycles. The summed E-state index contributed by atoms with van der Waals surface area (Å²) in [6.45, 7) is 8.27. The summed E-state index contributed by atoms with van der Waals surface area (Å²) in [5.74, 6) is -3.73. The number of carboxylic acid groups (broad SMARTS) is 2. The van der Waals surface area contributed by atoms with Crippen LogP contribution < -0.4 is 0 Å². The Morgan fingerprint density at radius 3 is 2.18 bits per heavy atom. The summed E-state index contributed by atoms with van der Waals surface area (Å²) >= 11 is 0. The van der Waals surface area contributed by atoms with E-state index in [0.29, 0.717) is 5.56 Å². The van der Waals surface area contributed by atoms with Crippen LogP contribution in [-0.4, -0.2) is 34.2 Å². The minimum absolute atomic E-state index is 0.233. The average Bonchev–Trinajstić information content (AvgIpc) is 2.44. The maximum absolute atomic E-state index is 11.6. The molecule has 0 aliphatic heterocycles. The Morgan fingerprint density at radius 2 is 1.73 bits per heavy atom. The van der Waals surface area contributed by atoms with E-state index in [9.17, 15) is 19.5 Å². The highest BCUT2D eigenvalue weighted by atomic mass is 16.5. The fraction of sp³-hybridized carbons (Fsp3) is 0.312. The molecule has 0 amide bonds. The maximum Gasteiger partial charge on any atom is 0.336 e. The summed E-state index contributed by atoms with van der Waals surface area (Å²) in [6.07, 6.45) is -0.633. The Balaban J connectivity index is 3.23. The molecule has 22 heavy (non-hydrogen) atoms. The van der Waals surface area contributed by atoms with Crippen molar-refractivity contribution < 1.29 is 29.3 Å².